The third kappa shape index (κ3) is 4.09. The fraction of sp³-hybridized carbons (Fsp3) is 0.545. The molecule has 0 radical (unpaired) electrons. The highest BCUT2D eigenvalue weighted by Gasteiger charge is 2.59. The molecule has 2 fully saturated rings. The number of hydrogen-bond donors (Lipinski definition) is 0. The van der Waals surface area contributed by atoms with Gasteiger partial charge in [-0.05, 0) is 39.7 Å². The van der Waals surface area contributed by atoms with Gasteiger partial charge < -0.3 is 18.9 Å². The first-order chi connectivity index (χ1) is 14.1. The van der Waals surface area contributed by atoms with Crippen molar-refractivity contribution in [2.45, 2.75) is 70.6 Å². The normalized spacial score (nSPS) is 39.4. The van der Waals surface area contributed by atoms with Gasteiger partial charge in [-0.25, -0.2) is 9.59 Å². The first-order valence-electron chi connectivity index (χ1n) is 9.87. The Labute approximate surface area is 174 Å². The number of esters is 3. The number of allylic oxidation sites excluding steroid dienone is 2. The lowest BCUT2D eigenvalue weighted by atomic mass is 9.83. The maximum Gasteiger partial charge on any atom is 0.341 e. The molecule has 2 heterocycles. The lowest BCUT2D eigenvalue weighted by Gasteiger charge is -2.33. The van der Waals surface area contributed by atoms with Gasteiger partial charge in [-0.1, -0.05) is 18.2 Å². The summed E-state index contributed by atoms with van der Waals surface area (Å²) in [6.45, 7) is 10.2. The summed E-state index contributed by atoms with van der Waals surface area (Å²) in [6.07, 6.45) is 1.59. The first kappa shape index (κ1) is 22.0. The quantitative estimate of drug-likeness (QED) is 0.170. The maximum absolute atomic E-state index is 12.9. The van der Waals surface area contributed by atoms with E-state index in [1.54, 1.807) is 26.0 Å². The molecule has 0 aromatic carbocycles. The second-order valence-electron chi connectivity index (χ2n) is 8.06. The fourth-order valence-corrected chi connectivity index (χ4v) is 3.81. The van der Waals surface area contributed by atoms with Crippen molar-refractivity contribution in [1.82, 2.24) is 0 Å². The number of aldehydes is 1. The lowest BCUT2D eigenvalue weighted by molar-refractivity contribution is -0.172. The Morgan fingerprint density at radius 1 is 1.33 bits per heavy atom. The van der Waals surface area contributed by atoms with Crippen LogP contribution in [-0.4, -0.2) is 54.2 Å². The highest BCUT2D eigenvalue weighted by molar-refractivity contribution is 5.92. The Bertz CT molecular complexity index is 853. The largest absolute Gasteiger partial charge is 0.455 e. The van der Waals surface area contributed by atoms with E-state index in [1.807, 2.05) is 6.92 Å². The Hall–Kier alpha value is -2.74. The second kappa shape index (κ2) is 8.18. The molecule has 3 rings (SSSR count). The van der Waals surface area contributed by atoms with Crippen LogP contribution in [0.1, 0.15) is 40.5 Å². The van der Waals surface area contributed by atoms with E-state index in [-0.39, 0.29) is 17.3 Å². The molecule has 8 heteroatoms. The fourth-order valence-electron chi connectivity index (χ4n) is 3.81. The highest BCUT2D eigenvalue weighted by Crippen LogP contribution is 2.41. The molecule has 0 aromatic rings. The molecule has 3 aliphatic rings. The van der Waals surface area contributed by atoms with E-state index < -0.39 is 47.7 Å². The molecule has 0 saturated carbocycles. The number of epoxide rings is 1. The molecular formula is C22H26O8. The van der Waals surface area contributed by atoms with Crippen LogP contribution in [0, 0.1) is 5.92 Å². The first-order valence-corrected chi connectivity index (χ1v) is 9.87. The minimum Gasteiger partial charge on any atom is -0.455 e. The summed E-state index contributed by atoms with van der Waals surface area (Å²) in [5, 5.41) is 0. The van der Waals surface area contributed by atoms with Gasteiger partial charge in [-0.15, -0.1) is 0 Å². The zero-order valence-electron chi connectivity index (χ0n) is 17.5. The molecule has 162 valence electrons. The van der Waals surface area contributed by atoms with Crippen LogP contribution in [0.2, 0.25) is 0 Å². The molecule has 0 spiro atoms. The minimum absolute atomic E-state index is 0.0831. The number of ether oxygens (including phenoxy) is 4. The van der Waals surface area contributed by atoms with Gasteiger partial charge in [0, 0.05) is 18.1 Å². The zero-order valence-corrected chi connectivity index (χ0v) is 17.5. The third-order valence-electron chi connectivity index (χ3n) is 5.83. The Morgan fingerprint density at radius 2 is 2.00 bits per heavy atom. The van der Waals surface area contributed by atoms with E-state index in [0.717, 1.165) is 5.57 Å². The third-order valence-corrected chi connectivity index (χ3v) is 5.83. The molecule has 8 nitrogen and oxygen atoms in total. The molecule has 30 heavy (non-hydrogen) atoms. The lowest BCUT2D eigenvalue weighted by Crippen LogP contribution is -2.47. The van der Waals surface area contributed by atoms with Crippen molar-refractivity contribution < 1.29 is 38.1 Å². The summed E-state index contributed by atoms with van der Waals surface area (Å²) in [4.78, 5) is 48.9. The summed E-state index contributed by atoms with van der Waals surface area (Å²) in [5.74, 6) is -2.80. The van der Waals surface area contributed by atoms with E-state index in [2.05, 4.69) is 6.58 Å². The summed E-state index contributed by atoms with van der Waals surface area (Å²) in [7, 11) is 0. The van der Waals surface area contributed by atoms with E-state index in [1.165, 1.54) is 6.92 Å². The second-order valence-corrected chi connectivity index (χ2v) is 8.06. The van der Waals surface area contributed by atoms with Crippen LogP contribution in [-0.2, 0) is 38.1 Å². The Morgan fingerprint density at radius 3 is 2.57 bits per heavy atom. The summed E-state index contributed by atoms with van der Waals surface area (Å²) in [6, 6.07) is 0. The van der Waals surface area contributed by atoms with E-state index in [9.17, 15) is 19.2 Å². The van der Waals surface area contributed by atoms with Crippen molar-refractivity contribution in [3.05, 3.63) is 35.5 Å². The number of carbonyl (C=O) groups excluding carboxylic acids is 4. The van der Waals surface area contributed by atoms with Crippen LogP contribution in [0.3, 0.4) is 0 Å². The van der Waals surface area contributed by atoms with Crippen LogP contribution in [0.15, 0.2) is 35.5 Å². The minimum atomic E-state index is -1.22. The van der Waals surface area contributed by atoms with Crippen molar-refractivity contribution >= 4 is 24.2 Å². The molecule has 6 atom stereocenters. The molecule has 0 bridgehead atoms. The van der Waals surface area contributed by atoms with Crippen LogP contribution >= 0.6 is 0 Å². The van der Waals surface area contributed by atoms with Crippen LogP contribution in [0.25, 0.3) is 0 Å². The number of fused-ring (bicyclic) bond motifs is 1. The highest BCUT2D eigenvalue weighted by atomic mass is 16.7. The van der Waals surface area contributed by atoms with Crippen molar-refractivity contribution in [1.29, 1.82) is 0 Å². The van der Waals surface area contributed by atoms with Gasteiger partial charge >= 0.3 is 17.9 Å². The van der Waals surface area contributed by atoms with Gasteiger partial charge in [0.25, 0.3) is 0 Å². The van der Waals surface area contributed by atoms with Crippen molar-refractivity contribution in [3.63, 3.8) is 0 Å². The topological polar surface area (TPSA) is 109 Å². The predicted molar refractivity (Wildman–Crippen MR) is 104 cm³/mol. The summed E-state index contributed by atoms with van der Waals surface area (Å²) < 4.78 is 22.0. The molecule has 0 aromatic heterocycles. The monoisotopic (exact) mass is 418 g/mol. The van der Waals surface area contributed by atoms with Gasteiger partial charge in [0.2, 0.25) is 0 Å². The van der Waals surface area contributed by atoms with Crippen molar-refractivity contribution in [3.8, 4) is 0 Å². The zero-order chi connectivity index (χ0) is 22.2. The molecule has 2 aliphatic heterocycles. The van der Waals surface area contributed by atoms with Crippen molar-refractivity contribution in [2.75, 3.05) is 0 Å². The van der Waals surface area contributed by atoms with Gasteiger partial charge in [-0.2, -0.15) is 0 Å². The van der Waals surface area contributed by atoms with Crippen LogP contribution in [0.5, 0.6) is 0 Å². The number of carbonyl (C=O) groups is 4. The van der Waals surface area contributed by atoms with Gasteiger partial charge in [0.05, 0.1) is 12.0 Å². The molecule has 2 saturated heterocycles. The molecule has 0 N–H and O–H groups in total. The molecule has 1 unspecified atom stereocenters. The standard InChI is InChI=1S/C22H26O8/c1-11-7-6-8-15(10-23)18(27-14(4)24)19(29-21(26)22(5)13(3)30-22)17-12(2)20(25)28-16(17)9-11/h8-10,13,16-19H,2,6-7H2,1,3-5H3/b11-9+,15-8-/t13-,16+,17-,18?,19-,22-/m0/s1. The maximum atomic E-state index is 12.9. The van der Waals surface area contributed by atoms with Crippen LogP contribution < -0.4 is 0 Å². The van der Waals surface area contributed by atoms with E-state index in [4.69, 9.17) is 18.9 Å². The van der Waals surface area contributed by atoms with Gasteiger partial charge in [-0.3, -0.25) is 9.59 Å². The Balaban J connectivity index is 2.09. The van der Waals surface area contributed by atoms with Crippen molar-refractivity contribution in [2.24, 2.45) is 5.92 Å². The molecule has 0 amide bonds. The predicted octanol–water partition coefficient (Wildman–Crippen LogP) is 1.97. The SMILES string of the molecule is C=C1C(=O)O[C@@H]2/C=C(\C)CC/C=C(/C=O)C(OC(C)=O)[C@@H](OC(=O)[C@@]3(C)O[C@H]3C)[C@@H]12. The molecule has 1 aliphatic carbocycles. The molecular weight excluding hydrogens is 392 g/mol. The number of hydrogen-bond acceptors (Lipinski definition) is 8. The van der Waals surface area contributed by atoms with Gasteiger partial charge in [0.1, 0.15) is 12.4 Å². The smallest absolute Gasteiger partial charge is 0.341 e. The average Bonchev–Trinajstić information content (AvgIpc) is 3.20. The summed E-state index contributed by atoms with van der Waals surface area (Å²) in [5.41, 5.74) is 0.0297. The van der Waals surface area contributed by atoms with Gasteiger partial charge in [0.15, 0.2) is 17.8 Å². The summed E-state index contributed by atoms with van der Waals surface area (Å²) >= 11 is 0. The van der Waals surface area contributed by atoms with E-state index in [0.29, 0.717) is 19.1 Å². The average molecular weight is 418 g/mol. The van der Waals surface area contributed by atoms with Crippen LogP contribution in [0.4, 0.5) is 0 Å². The Kier molecular flexibility index (Phi) is 5.99. The van der Waals surface area contributed by atoms with E-state index >= 15 is 0 Å². The number of rotatable bonds is 4.